The van der Waals surface area contributed by atoms with E-state index in [0.717, 1.165) is 6.07 Å². The van der Waals surface area contributed by atoms with Gasteiger partial charge in [-0.1, -0.05) is 0 Å². The summed E-state index contributed by atoms with van der Waals surface area (Å²) in [6, 6.07) is 3.87. The van der Waals surface area contributed by atoms with Crippen LogP contribution in [0.1, 0.15) is 0 Å². The SMILES string of the molecule is O=Nc1ccc(Br)c(S(=O)(=O)Cl)c1. The van der Waals surface area contributed by atoms with Gasteiger partial charge in [0, 0.05) is 15.2 Å². The van der Waals surface area contributed by atoms with Gasteiger partial charge < -0.3 is 0 Å². The summed E-state index contributed by atoms with van der Waals surface area (Å²) >= 11 is 2.99. The molecule has 13 heavy (non-hydrogen) atoms. The van der Waals surface area contributed by atoms with E-state index >= 15 is 0 Å². The van der Waals surface area contributed by atoms with Crippen LogP contribution in [0.15, 0.2) is 32.7 Å². The molecule has 0 aromatic heterocycles. The second kappa shape index (κ2) is 3.73. The van der Waals surface area contributed by atoms with Gasteiger partial charge in [-0.05, 0) is 39.3 Å². The zero-order chi connectivity index (χ0) is 10.1. The van der Waals surface area contributed by atoms with Gasteiger partial charge in [-0.3, -0.25) is 0 Å². The van der Waals surface area contributed by atoms with Crippen molar-refractivity contribution in [2.24, 2.45) is 5.18 Å². The predicted octanol–water partition coefficient (Wildman–Crippen LogP) is 2.77. The van der Waals surface area contributed by atoms with Crippen molar-refractivity contribution in [2.75, 3.05) is 0 Å². The van der Waals surface area contributed by atoms with Gasteiger partial charge in [0.05, 0.1) is 4.90 Å². The zero-order valence-corrected chi connectivity index (χ0v) is 9.23. The Morgan fingerprint density at radius 2 is 2.00 bits per heavy atom. The van der Waals surface area contributed by atoms with Gasteiger partial charge in [0.1, 0.15) is 5.69 Å². The topological polar surface area (TPSA) is 63.6 Å². The minimum absolute atomic E-state index is 0.0161. The fourth-order valence-electron chi connectivity index (χ4n) is 0.736. The Balaban J connectivity index is 3.44. The van der Waals surface area contributed by atoms with Crippen molar-refractivity contribution < 1.29 is 8.42 Å². The van der Waals surface area contributed by atoms with Crippen LogP contribution in [0.4, 0.5) is 5.69 Å². The van der Waals surface area contributed by atoms with Gasteiger partial charge in [-0.15, -0.1) is 4.91 Å². The molecule has 70 valence electrons. The van der Waals surface area contributed by atoms with E-state index in [9.17, 15) is 13.3 Å². The number of halogens is 2. The lowest BCUT2D eigenvalue weighted by Gasteiger charge is -1.99. The summed E-state index contributed by atoms with van der Waals surface area (Å²) in [5.74, 6) is 0. The fourth-order valence-corrected chi connectivity index (χ4v) is 2.85. The van der Waals surface area contributed by atoms with Crippen LogP contribution < -0.4 is 0 Å². The molecule has 1 aromatic rings. The number of hydrogen-bond acceptors (Lipinski definition) is 4. The average molecular weight is 285 g/mol. The quantitative estimate of drug-likeness (QED) is 0.619. The molecular formula is C6H3BrClNO3S. The standard InChI is InChI=1S/C6H3BrClNO3S/c7-5-2-1-4(9-10)3-6(5)13(8,11)12/h1-3H. The molecule has 7 heteroatoms. The van der Waals surface area contributed by atoms with Crippen molar-refractivity contribution in [1.82, 2.24) is 0 Å². The fraction of sp³-hybridized carbons (Fsp3) is 0. The third-order valence-electron chi connectivity index (χ3n) is 1.28. The first-order valence-electron chi connectivity index (χ1n) is 3.02. The molecule has 0 fully saturated rings. The molecule has 0 aliphatic rings. The predicted molar refractivity (Wildman–Crippen MR) is 52.6 cm³/mol. The third kappa shape index (κ3) is 2.49. The Morgan fingerprint density at radius 1 is 1.38 bits per heavy atom. The summed E-state index contributed by atoms with van der Waals surface area (Å²) in [5, 5.41) is 2.59. The number of rotatable bonds is 2. The van der Waals surface area contributed by atoms with Gasteiger partial charge in [0.15, 0.2) is 0 Å². The maximum atomic E-state index is 10.9. The summed E-state index contributed by atoms with van der Waals surface area (Å²) in [7, 11) is 1.25. The van der Waals surface area contributed by atoms with Crippen molar-refractivity contribution in [3.8, 4) is 0 Å². The van der Waals surface area contributed by atoms with Crippen LogP contribution >= 0.6 is 26.6 Å². The summed E-state index contributed by atoms with van der Waals surface area (Å²) in [6.45, 7) is 0. The minimum Gasteiger partial charge on any atom is -0.207 e. The first-order chi connectivity index (χ1) is 5.95. The van der Waals surface area contributed by atoms with E-state index in [2.05, 4.69) is 21.1 Å². The smallest absolute Gasteiger partial charge is 0.207 e. The van der Waals surface area contributed by atoms with E-state index in [1.165, 1.54) is 12.1 Å². The molecule has 0 radical (unpaired) electrons. The molecule has 0 unspecified atom stereocenters. The summed E-state index contributed by atoms with van der Waals surface area (Å²) in [4.78, 5) is 9.93. The van der Waals surface area contributed by atoms with Crippen molar-refractivity contribution >= 4 is 41.4 Å². The van der Waals surface area contributed by atoms with Gasteiger partial charge in [0.25, 0.3) is 9.05 Å². The van der Waals surface area contributed by atoms with E-state index in [0.29, 0.717) is 4.47 Å². The Morgan fingerprint density at radius 3 is 2.46 bits per heavy atom. The van der Waals surface area contributed by atoms with E-state index in [1.54, 1.807) is 0 Å². The van der Waals surface area contributed by atoms with E-state index in [1.807, 2.05) is 0 Å². The molecule has 0 heterocycles. The highest BCUT2D eigenvalue weighted by Crippen LogP contribution is 2.28. The third-order valence-corrected chi connectivity index (χ3v) is 3.60. The highest BCUT2D eigenvalue weighted by Gasteiger charge is 2.14. The Bertz CT molecular complexity index is 445. The molecule has 0 bridgehead atoms. The number of nitroso groups, excluding NO2 is 1. The lowest BCUT2D eigenvalue weighted by Crippen LogP contribution is -1.91. The van der Waals surface area contributed by atoms with E-state index in [4.69, 9.17) is 10.7 Å². The number of benzene rings is 1. The van der Waals surface area contributed by atoms with Crippen molar-refractivity contribution in [1.29, 1.82) is 0 Å². The summed E-state index contributed by atoms with van der Waals surface area (Å²) in [6.07, 6.45) is 0. The Hall–Kier alpha value is -0.460. The molecule has 0 atom stereocenters. The molecule has 0 saturated heterocycles. The van der Waals surface area contributed by atoms with Gasteiger partial charge in [-0.2, -0.15) is 0 Å². The maximum Gasteiger partial charge on any atom is 0.262 e. The molecule has 0 aliphatic carbocycles. The summed E-state index contributed by atoms with van der Waals surface area (Å²) in [5.41, 5.74) is 0.0161. The highest BCUT2D eigenvalue weighted by atomic mass is 79.9. The molecule has 0 amide bonds. The van der Waals surface area contributed by atoms with Crippen LogP contribution in [0, 0.1) is 4.91 Å². The van der Waals surface area contributed by atoms with Gasteiger partial charge in [-0.25, -0.2) is 8.42 Å². The van der Waals surface area contributed by atoms with Crippen molar-refractivity contribution in [3.05, 3.63) is 27.6 Å². The lowest BCUT2D eigenvalue weighted by molar-refractivity contribution is 0.609. The largest absolute Gasteiger partial charge is 0.262 e. The van der Waals surface area contributed by atoms with Gasteiger partial charge in [0.2, 0.25) is 0 Å². The van der Waals surface area contributed by atoms with Crippen LogP contribution in [0.3, 0.4) is 0 Å². The van der Waals surface area contributed by atoms with Crippen molar-refractivity contribution in [3.63, 3.8) is 0 Å². The van der Waals surface area contributed by atoms with Gasteiger partial charge >= 0.3 is 0 Å². The van der Waals surface area contributed by atoms with Crippen LogP contribution in [0.2, 0.25) is 0 Å². The average Bonchev–Trinajstić information content (AvgIpc) is 2.03. The molecule has 0 saturated carbocycles. The van der Waals surface area contributed by atoms with E-state index < -0.39 is 9.05 Å². The second-order valence-electron chi connectivity index (χ2n) is 2.14. The van der Waals surface area contributed by atoms with Crippen LogP contribution in [0.25, 0.3) is 0 Å². The molecule has 1 rings (SSSR count). The molecule has 1 aromatic carbocycles. The summed E-state index contributed by atoms with van der Waals surface area (Å²) < 4.78 is 22.1. The maximum absolute atomic E-state index is 10.9. The van der Waals surface area contributed by atoms with Crippen LogP contribution in [-0.4, -0.2) is 8.42 Å². The number of hydrogen-bond donors (Lipinski definition) is 0. The lowest BCUT2D eigenvalue weighted by atomic mass is 10.3. The highest BCUT2D eigenvalue weighted by molar-refractivity contribution is 9.10. The first kappa shape index (κ1) is 10.6. The first-order valence-corrected chi connectivity index (χ1v) is 6.13. The molecule has 0 aliphatic heterocycles. The van der Waals surface area contributed by atoms with E-state index in [-0.39, 0.29) is 10.6 Å². The monoisotopic (exact) mass is 283 g/mol. The van der Waals surface area contributed by atoms with Crippen LogP contribution in [-0.2, 0) is 9.05 Å². The van der Waals surface area contributed by atoms with Crippen molar-refractivity contribution in [2.45, 2.75) is 4.90 Å². The molecule has 0 spiro atoms. The Kier molecular flexibility index (Phi) is 3.05. The minimum atomic E-state index is -3.84. The molecular weight excluding hydrogens is 281 g/mol. The normalized spacial score (nSPS) is 11.2. The molecule has 4 nitrogen and oxygen atoms in total. The molecule has 0 N–H and O–H groups in total. The zero-order valence-electron chi connectivity index (χ0n) is 6.07. The van der Waals surface area contributed by atoms with Crippen LogP contribution in [0.5, 0.6) is 0 Å². The second-order valence-corrected chi connectivity index (χ2v) is 5.53. The Labute approximate surface area is 87.4 Å². The number of nitrogens with zero attached hydrogens (tertiary/aromatic N) is 1.